The number of aryl methyl sites for hydroxylation is 1. The van der Waals surface area contributed by atoms with Crippen LogP contribution in [0.3, 0.4) is 0 Å². The highest BCUT2D eigenvalue weighted by molar-refractivity contribution is 9.10. The van der Waals surface area contributed by atoms with E-state index in [0.717, 1.165) is 5.56 Å². The molecular weight excluding hydrogens is 362 g/mol. The van der Waals surface area contributed by atoms with E-state index < -0.39 is 5.91 Å². The minimum absolute atomic E-state index is 0.0265. The lowest BCUT2D eigenvalue weighted by molar-refractivity contribution is 0.0992. The number of aromatic hydroxyl groups is 2. The molecule has 0 saturated carbocycles. The number of nitrogens with zero attached hydrogens (tertiary/aromatic N) is 2. The number of H-pyrrole nitrogens is 1. The Bertz CT molecular complexity index is 947. The van der Waals surface area contributed by atoms with Crippen LogP contribution in [0, 0.1) is 6.92 Å². The van der Waals surface area contributed by atoms with Gasteiger partial charge in [-0.1, -0.05) is 27.6 Å². The third kappa shape index (κ3) is 2.95. The van der Waals surface area contributed by atoms with Gasteiger partial charge in [-0.05, 0) is 37.3 Å². The molecular formula is C16H12BrN3O3. The van der Waals surface area contributed by atoms with Crippen molar-refractivity contribution < 1.29 is 15.0 Å². The number of carbonyl (C=O) groups excluding carboxylic acids is 1. The Hall–Kier alpha value is -2.67. The molecule has 116 valence electrons. The summed E-state index contributed by atoms with van der Waals surface area (Å²) in [6.07, 6.45) is 0. The van der Waals surface area contributed by atoms with Crippen LogP contribution in [0.15, 0.2) is 51.1 Å². The van der Waals surface area contributed by atoms with Gasteiger partial charge in [0.2, 0.25) is 5.88 Å². The van der Waals surface area contributed by atoms with Crippen LogP contribution in [0.25, 0.3) is 10.9 Å². The van der Waals surface area contributed by atoms with E-state index in [4.69, 9.17) is 0 Å². The number of nitrogens with one attached hydrogen (secondary N) is 1. The minimum atomic E-state index is -0.704. The van der Waals surface area contributed by atoms with Gasteiger partial charge >= 0.3 is 0 Å². The molecule has 0 spiro atoms. The highest BCUT2D eigenvalue weighted by Crippen LogP contribution is 2.36. The highest BCUT2D eigenvalue weighted by Gasteiger charge is 2.14. The first-order chi connectivity index (χ1) is 11.0. The van der Waals surface area contributed by atoms with Crippen molar-refractivity contribution in [3.05, 3.63) is 52.0 Å². The Morgan fingerprint density at radius 2 is 1.96 bits per heavy atom. The molecule has 3 N–H and O–H groups in total. The molecule has 1 amide bonds. The second-order valence-corrected chi connectivity index (χ2v) is 5.95. The number of halogens is 1. The van der Waals surface area contributed by atoms with E-state index in [2.05, 4.69) is 31.1 Å². The molecule has 0 saturated heterocycles. The normalized spacial score (nSPS) is 11.4. The van der Waals surface area contributed by atoms with E-state index in [1.165, 1.54) is 12.1 Å². The van der Waals surface area contributed by atoms with Gasteiger partial charge in [0.25, 0.3) is 5.91 Å². The first-order valence-electron chi connectivity index (χ1n) is 6.71. The number of aromatic amines is 1. The van der Waals surface area contributed by atoms with Gasteiger partial charge in [-0.25, -0.2) is 0 Å². The summed E-state index contributed by atoms with van der Waals surface area (Å²) in [6, 6.07) is 9.99. The number of benzene rings is 2. The number of aromatic nitrogens is 1. The predicted octanol–water partition coefficient (Wildman–Crippen LogP) is 4.57. The lowest BCUT2D eigenvalue weighted by Gasteiger charge is -1.99. The van der Waals surface area contributed by atoms with Crippen molar-refractivity contribution in [3.8, 4) is 11.6 Å². The summed E-state index contributed by atoms with van der Waals surface area (Å²) >= 11 is 3.23. The molecule has 0 bridgehead atoms. The van der Waals surface area contributed by atoms with Crippen LogP contribution in [-0.2, 0) is 0 Å². The van der Waals surface area contributed by atoms with E-state index in [-0.39, 0.29) is 22.9 Å². The zero-order valence-electron chi connectivity index (χ0n) is 12.0. The largest absolute Gasteiger partial charge is 0.507 e. The molecule has 0 aliphatic rings. The first-order valence-corrected chi connectivity index (χ1v) is 7.51. The molecule has 2 aromatic carbocycles. The molecule has 0 aliphatic carbocycles. The third-order valence-corrected chi connectivity index (χ3v) is 3.83. The van der Waals surface area contributed by atoms with Crippen molar-refractivity contribution in [3.63, 3.8) is 0 Å². The van der Waals surface area contributed by atoms with E-state index in [0.29, 0.717) is 15.4 Å². The third-order valence-electron chi connectivity index (χ3n) is 3.34. The summed E-state index contributed by atoms with van der Waals surface area (Å²) in [5.41, 5.74) is 1.90. The first kappa shape index (κ1) is 15.2. The SMILES string of the molecule is Cc1ccc2[nH]c(O)c(N=NC(=O)c3cc(Br)ccc3O)c2c1. The van der Waals surface area contributed by atoms with E-state index in [1.807, 2.05) is 25.1 Å². The Kier molecular flexibility index (Phi) is 3.87. The van der Waals surface area contributed by atoms with Gasteiger partial charge in [0.05, 0.1) is 11.1 Å². The number of rotatable bonds is 2. The Labute approximate surface area is 139 Å². The standard InChI is InChI=1S/C16H12BrN3O3/c1-8-2-4-12-10(6-8)14(16(23)18-12)19-20-15(22)11-7-9(17)3-5-13(11)21/h2-7,18,21,23H,1H3. The molecule has 23 heavy (non-hydrogen) atoms. The molecule has 7 heteroatoms. The maximum absolute atomic E-state index is 12.1. The molecule has 1 aromatic heterocycles. The van der Waals surface area contributed by atoms with Crippen molar-refractivity contribution in [2.75, 3.05) is 0 Å². The summed E-state index contributed by atoms with van der Waals surface area (Å²) in [5.74, 6) is -1.05. The van der Waals surface area contributed by atoms with Crippen LogP contribution in [0.4, 0.5) is 5.69 Å². The topological polar surface area (TPSA) is 98.0 Å². The summed E-state index contributed by atoms with van der Waals surface area (Å²) in [7, 11) is 0. The Balaban J connectivity index is 2.00. The van der Waals surface area contributed by atoms with E-state index in [1.54, 1.807) is 6.07 Å². The number of carbonyl (C=O) groups is 1. The molecule has 0 fully saturated rings. The molecule has 6 nitrogen and oxygen atoms in total. The summed E-state index contributed by atoms with van der Waals surface area (Å²) < 4.78 is 0.638. The maximum Gasteiger partial charge on any atom is 0.299 e. The summed E-state index contributed by atoms with van der Waals surface area (Å²) in [4.78, 5) is 14.9. The van der Waals surface area contributed by atoms with Gasteiger partial charge in [-0.3, -0.25) is 4.79 Å². The van der Waals surface area contributed by atoms with Crippen molar-refractivity contribution >= 4 is 38.4 Å². The Morgan fingerprint density at radius 1 is 1.17 bits per heavy atom. The van der Waals surface area contributed by atoms with Crippen LogP contribution in [-0.4, -0.2) is 21.1 Å². The number of phenolic OH excluding ortho intramolecular Hbond substituents is 1. The smallest absolute Gasteiger partial charge is 0.299 e. The molecule has 3 aromatic rings. The van der Waals surface area contributed by atoms with Crippen molar-refractivity contribution in [2.45, 2.75) is 6.92 Å². The van der Waals surface area contributed by atoms with E-state index in [9.17, 15) is 15.0 Å². The summed E-state index contributed by atoms with van der Waals surface area (Å²) in [5, 5.41) is 27.8. The second kappa shape index (κ2) is 5.85. The quantitative estimate of drug-likeness (QED) is 0.573. The van der Waals surface area contributed by atoms with Crippen LogP contribution in [0.1, 0.15) is 15.9 Å². The number of azo groups is 1. The number of phenols is 1. The van der Waals surface area contributed by atoms with Gasteiger partial charge < -0.3 is 15.2 Å². The van der Waals surface area contributed by atoms with Crippen molar-refractivity contribution in [1.29, 1.82) is 0 Å². The Morgan fingerprint density at radius 3 is 2.74 bits per heavy atom. The lowest BCUT2D eigenvalue weighted by atomic mass is 10.1. The zero-order valence-corrected chi connectivity index (χ0v) is 13.6. The van der Waals surface area contributed by atoms with Crippen molar-refractivity contribution in [1.82, 2.24) is 4.98 Å². The van der Waals surface area contributed by atoms with Gasteiger partial charge in [0.15, 0.2) is 5.69 Å². The fraction of sp³-hybridized carbons (Fsp3) is 0.0625. The van der Waals surface area contributed by atoms with Gasteiger partial charge in [0.1, 0.15) is 5.75 Å². The lowest BCUT2D eigenvalue weighted by Crippen LogP contribution is -1.94. The monoisotopic (exact) mass is 373 g/mol. The van der Waals surface area contributed by atoms with Gasteiger partial charge in [-0.2, -0.15) is 0 Å². The fourth-order valence-corrected chi connectivity index (χ4v) is 2.57. The number of hydrogen-bond donors (Lipinski definition) is 3. The number of fused-ring (bicyclic) bond motifs is 1. The minimum Gasteiger partial charge on any atom is -0.507 e. The van der Waals surface area contributed by atoms with Crippen LogP contribution in [0.2, 0.25) is 0 Å². The highest BCUT2D eigenvalue weighted by atomic mass is 79.9. The van der Waals surface area contributed by atoms with Gasteiger partial charge in [0, 0.05) is 9.86 Å². The maximum atomic E-state index is 12.1. The molecule has 1 heterocycles. The van der Waals surface area contributed by atoms with Crippen LogP contribution >= 0.6 is 15.9 Å². The van der Waals surface area contributed by atoms with Crippen molar-refractivity contribution in [2.24, 2.45) is 10.2 Å². The molecule has 0 radical (unpaired) electrons. The number of hydrogen-bond acceptors (Lipinski definition) is 4. The zero-order chi connectivity index (χ0) is 16.6. The molecule has 0 unspecified atom stereocenters. The predicted molar refractivity (Wildman–Crippen MR) is 89.4 cm³/mol. The summed E-state index contributed by atoms with van der Waals surface area (Å²) in [6.45, 7) is 1.91. The average Bonchev–Trinajstić information content (AvgIpc) is 2.82. The number of amides is 1. The molecule has 0 aliphatic heterocycles. The van der Waals surface area contributed by atoms with Crippen LogP contribution in [0.5, 0.6) is 11.6 Å². The van der Waals surface area contributed by atoms with E-state index >= 15 is 0 Å². The second-order valence-electron chi connectivity index (χ2n) is 5.04. The van der Waals surface area contributed by atoms with Gasteiger partial charge in [-0.15, -0.1) is 10.2 Å². The fourth-order valence-electron chi connectivity index (χ4n) is 2.21. The molecule has 3 rings (SSSR count). The molecule has 0 atom stereocenters. The average molecular weight is 374 g/mol. The van der Waals surface area contributed by atoms with Crippen LogP contribution < -0.4 is 0 Å².